The van der Waals surface area contributed by atoms with Crippen LogP contribution >= 0.6 is 11.6 Å². The van der Waals surface area contributed by atoms with E-state index in [1.165, 1.54) is 17.7 Å². The third-order valence-corrected chi connectivity index (χ3v) is 5.16. The SMILES string of the molecule is O=C(NCCc1ccc(Cl)cc1)C1CCN(Cc2ccc(F)cc2)CC1. The van der Waals surface area contributed by atoms with Crippen molar-refractivity contribution < 1.29 is 9.18 Å². The van der Waals surface area contributed by atoms with E-state index in [2.05, 4.69) is 10.2 Å². The first-order valence-corrected chi connectivity index (χ1v) is 9.47. The molecule has 26 heavy (non-hydrogen) atoms. The van der Waals surface area contributed by atoms with Crippen LogP contribution in [0.4, 0.5) is 4.39 Å². The number of halogens is 2. The molecular formula is C21H24ClFN2O. The number of hydrogen-bond acceptors (Lipinski definition) is 2. The lowest BCUT2D eigenvalue weighted by Gasteiger charge is -2.31. The third-order valence-electron chi connectivity index (χ3n) is 4.90. The molecule has 2 aromatic carbocycles. The van der Waals surface area contributed by atoms with Gasteiger partial charge in [0.2, 0.25) is 5.91 Å². The molecule has 0 atom stereocenters. The number of piperidine rings is 1. The van der Waals surface area contributed by atoms with Gasteiger partial charge in [-0.3, -0.25) is 9.69 Å². The summed E-state index contributed by atoms with van der Waals surface area (Å²) in [5.74, 6) is 0.0350. The van der Waals surface area contributed by atoms with E-state index in [-0.39, 0.29) is 17.6 Å². The van der Waals surface area contributed by atoms with Gasteiger partial charge in [0.05, 0.1) is 0 Å². The smallest absolute Gasteiger partial charge is 0.223 e. The van der Waals surface area contributed by atoms with Gasteiger partial charge in [0.15, 0.2) is 0 Å². The molecule has 1 N–H and O–H groups in total. The predicted molar refractivity (Wildman–Crippen MR) is 103 cm³/mol. The molecule has 0 saturated carbocycles. The molecule has 0 aliphatic carbocycles. The Bertz CT molecular complexity index is 710. The maximum atomic E-state index is 13.0. The molecule has 0 unspecified atom stereocenters. The van der Waals surface area contributed by atoms with Crippen molar-refractivity contribution in [2.75, 3.05) is 19.6 Å². The Labute approximate surface area is 159 Å². The van der Waals surface area contributed by atoms with Crippen molar-refractivity contribution in [1.82, 2.24) is 10.2 Å². The lowest BCUT2D eigenvalue weighted by atomic mass is 9.95. The fourth-order valence-electron chi connectivity index (χ4n) is 3.33. The zero-order chi connectivity index (χ0) is 18.4. The summed E-state index contributed by atoms with van der Waals surface area (Å²) in [5.41, 5.74) is 2.28. The Kier molecular flexibility index (Phi) is 6.64. The van der Waals surface area contributed by atoms with E-state index in [0.717, 1.165) is 49.5 Å². The molecule has 1 amide bonds. The van der Waals surface area contributed by atoms with Crippen LogP contribution < -0.4 is 5.32 Å². The second-order valence-corrected chi connectivity index (χ2v) is 7.28. The Morgan fingerprint density at radius 3 is 2.31 bits per heavy atom. The molecule has 1 aliphatic rings. The maximum absolute atomic E-state index is 13.0. The van der Waals surface area contributed by atoms with Gasteiger partial charge in [0, 0.05) is 24.0 Å². The lowest BCUT2D eigenvalue weighted by Crippen LogP contribution is -2.40. The minimum Gasteiger partial charge on any atom is -0.356 e. The fourth-order valence-corrected chi connectivity index (χ4v) is 3.45. The first kappa shape index (κ1) is 18.9. The minimum absolute atomic E-state index is 0.0877. The van der Waals surface area contributed by atoms with Crippen LogP contribution in [0.3, 0.4) is 0 Å². The predicted octanol–water partition coefficient (Wildman–Crippen LogP) is 4.05. The molecule has 138 valence electrons. The molecule has 2 aromatic rings. The second kappa shape index (κ2) is 9.15. The molecule has 3 nitrogen and oxygen atoms in total. The topological polar surface area (TPSA) is 32.3 Å². The van der Waals surface area contributed by atoms with Crippen LogP contribution in [0, 0.1) is 11.7 Å². The van der Waals surface area contributed by atoms with Crippen LogP contribution in [0.1, 0.15) is 24.0 Å². The number of nitrogens with one attached hydrogen (secondary N) is 1. The summed E-state index contributed by atoms with van der Waals surface area (Å²) in [6.07, 6.45) is 2.55. The minimum atomic E-state index is -0.206. The van der Waals surface area contributed by atoms with Gasteiger partial charge in [-0.2, -0.15) is 0 Å². The van der Waals surface area contributed by atoms with Crippen LogP contribution in [0.2, 0.25) is 5.02 Å². The van der Waals surface area contributed by atoms with Crippen molar-refractivity contribution in [3.63, 3.8) is 0 Å². The highest BCUT2D eigenvalue weighted by Crippen LogP contribution is 2.19. The number of carbonyl (C=O) groups excluding carboxylic acids is 1. The van der Waals surface area contributed by atoms with Crippen molar-refractivity contribution >= 4 is 17.5 Å². The molecule has 0 radical (unpaired) electrons. The zero-order valence-corrected chi connectivity index (χ0v) is 15.5. The van der Waals surface area contributed by atoms with Crippen LogP contribution in [0.25, 0.3) is 0 Å². The van der Waals surface area contributed by atoms with Crippen molar-refractivity contribution in [1.29, 1.82) is 0 Å². The average molecular weight is 375 g/mol. The molecule has 0 aromatic heterocycles. The average Bonchev–Trinajstić information content (AvgIpc) is 2.66. The largest absolute Gasteiger partial charge is 0.356 e. The van der Waals surface area contributed by atoms with E-state index >= 15 is 0 Å². The van der Waals surface area contributed by atoms with E-state index in [1.807, 2.05) is 36.4 Å². The Hall–Kier alpha value is -1.91. The monoisotopic (exact) mass is 374 g/mol. The second-order valence-electron chi connectivity index (χ2n) is 6.84. The van der Waals surface area contributed by atoms with Gasteiger partial charge in [-0.05, 0) is 67.7 Å². The quantitative estimate of drug-likeness (QED) is 0.827. The number of benzene rings is 2. The van der Waals surface area contributed by atoms with Gasteiger partial charge in [-0.1, -0.05) is 35.9 Å². The van der Waals surface area contributed by atoms with E-state index in [9.17, 15) is 9.18 Å². The summed E-state index contributed by atoms with van der Waals surface area (Å²) in [4.78, 5) is 14.7. The van der Waals surface area contributed by atoms with Gasteiger partial charge in [-0.25, -0.2) is 4.39 Å². The highest BCUT2D eigenvalue weighted by molar-refractivity contribution is 6.30. The highest BCUT2D eigenvalue weighted by atomic mass is 35.5. The summed E-state index contributed by atoms with van der Waals surface area (Å²) in [6.45, 7) is 3.25. The zero-order valence-electron chi connectivity index (χ0n) is 14.8. The van der Waals surface area contributed by atoms with Crippen LogP contribution in [0.15, 0.2) is 48.5 Å². The molecule has 3 rings (SSSR count). The van der Waals surface area contributed by atoms with E-state index in [0.29, 0.717) is 6.54 Å². The van der Waals surface area contributed by atoms with Crippen LogP contribution in [-0.4, -0.2) is 30.4 Å². The molecule has 1 saturated heterocycles. The lowest BCUT2D eigenvalue weighted by molar-refractivity contribution is -0.126. The van der Waals surface area contributed by atoms with Gasteiger partial charge in [0.1, 0.15) is 5.82 Å². The summed E-state index contributed by atoms with van der Waals surface area (Å²) in [7, 11) is 0. The molecule has 0 bridgehead atoms. The Morgan fingerprint density at radius 2 is 1.65 bits per heavy atom. The summed E-state index contributed by atoms with van der Waals surface area (Å²) >= 11 is 5.88. The third kappa shape index (κ3) is 5.55. The summed E-state index contributed by atoms with van der Waals surface area (Å²) < 4.78 is 13.0. The van der Waals surface area contributed by atoms with Gasteiger partial charge >= 0.3 is 0 Å². The van der Waals surface area contributed by atoms with Gasteiger partial charge < -0.3 is 5.32 Å². The Balaban J connectivity index is 1.37. The van der Waals surface area contributed by atoms with Crippen LogP contribution in [-0.2, 0) is 17.8 Å². The number of likely N-dealkylation sites (tertiary alicyclic amines) is 1. The first-order valence-electron chi connectivity index (χ1n) is 9.09. The Morgan fingerprint density at radius 1 is 1.04 bits per heavy atom. The van der Waals surface area contributed by atoms with E-state index < -0.39 is 0 Å². The number of nitrogens with zero attached hydrogens (tertiary/aromatic N) is 1. The fraction of sp³-hybridized carbons (Fsp3) is 0.381. The van der Waals surface area contributed by atoms with Gasteiger partial charge in [-0.15, -0.1) is 0 Å². The molecule has 5 heteroatoms. The summed E-state index contributed by atoms with van der Waals surface area (Å²) in [6, 6.07) is 14.4. The molecular weight excluding hydrogens is 351 g/mol. The van der Waals surface area contributed by atoms with E-state index in [4.69, 9.17) is 11.6 Å². The molecule has 1 fully saturated rings. The normalized spacial score (nSPS) is 15.8. The molecule has 1 aliphatic heterocycles. The number of rotatable bonds is 6. The number of carbonyl (C=O) groups is 1. The molecule has 0 spiro atoms. The van der Waals surface area contributed by atoms with E-state index in [1.54, 1.807) is 0 Å². The van der Waals surface area contributed by atoms with Gasteiger partial charge in [0.25, 0.3) is 0 Å². The standard InChI is InChI=1S/C21H24ClFN2O/c22-19-5-1-16(2-6-19)9-12-24-21(26)18-10-13-25(14-11-18)15-17-3-7-20(23)8-4-17/h1-8,18H,9-15H2,(H,24,26). The van der Waals surface area contributed by atoms with Crippen molar-refractivity contribution in [2.45, 2.75) is 25.8 Å². The number of amides is 1. The number of hydrogen-bond donors (Lipinski definition) is 1. The maximum Gasteiger partial charge on any atom is 0.223 e. The first-order chi connectivity index (χ1) is 12.6. The van der Waals surface area contributed by atoms with Crippen molar-refractivity contribution in [3.8, 4) is 0 Å². The highest BCUT2D eigenvalue weighted by Gasteiger charge is 2.24. The van der Waals surface area contributed by atoms with Crippen LogP contribution in [0.5, 0.6) is 0 Å². The van der Waals surface area contributed by atoms with Crippen molar-refractivity contribution in [3.05, 3.63) is 70.5 Å². The summed E-state index contributed by atoms with van der Waals surface area (Å²) in [5, 5.41) is 3.78. The molecule has 1 heterocycles. The van der Waals surface area contributed by atoms with Crippen molar-refractivity contribution in [2.24, 2.45) is 5.92 Å².